The number of pyridine rings is 2. The van der Waals surface area contributed by atoms with E-state index >= 15 is 0 Å². The Morgan fingerprint density at radius 2 is 2.10 bits per heavy atom. The molecule has 5 rings (SSSR count). The molecule has 1 aliphatic heterocycles. The van der Waals surface area contributed by atoms with Crippen LogP contribution in [0.2, 0.25) is 0 Å². The van der Waals surface area contributed by atoms with Gasteiger partial charge in [-0.25, -0.2) is 19.0 Å². The van der Waals surface area contributed by atoms with Gasteiger partial charge < -0.3 is 20.6 Å². The Balaban J connectivity index is 1.45. The Kier molecular flexibility index (Phi) is 4.13. The van der Waals surface area contributed by atoms with E-state index in [0.29, 0.717) is 29.1 Å². The number of anilines is 4. The van der Waals surface area contributed by atoms with Gasteiger partial charge in [-0.1, -0.05) is 0 Å². The zero-order valence-corrected chi connectivity index (χ0v) is 15.3. The molecule has 1 amide bonds. The molecule has 0 radical (unpaired) electrons. The van der Waals surface area contributed by atoms with Gasteiger partial charge in [-0.15, -0.1) is 0 Å². The molecule has 0 spiro atoms. The first kappa shape index (κ1) is 17.6. The van der Waals surface area contributed by atoms with Crippen molar-refractivity contribution in [3.05, 3.63) is 54.1 Å². The van der Waals surface area contributed by atoms with Gasteiger partial charge in [0.15, 0.2) is 12.0 Å². The molecule has 10 heteroatoms. The van der Waals surface area contributed by atoms with Gasteiger partial charge in [0.2, 0.25) is 5.91 Å². The Morgan fingerprint density at radius 3 is 2.86 bits per heavy atom. The summed E-state index contributed by atoms with van der Waals surface area (Å²) in [4.78, 5) is 22.5. The van der Waals surface area contributed by atoms with E-state index in [4.69, 9.17) is 0 Å². The number of rotatable bonds is 5. The molecule has 1 aliphatic carbocycles. The van der Waals surface area contributed by atoms with Crippen molar-refractivity contribution < 1.29 is 14.3 Å². The molecule has 3 N–H and O–H groups in total. The van der Waals surface area contributed by atoms with Crippen molar-refractivity contribution in [3.8, 4) is 0 Å². The number of nitrogens with one attached hydrogen (secondary N) is 2. The molecule has 4 heterocycles. The molecular formula is C19H18FN7O2. The highest BCUT2D eigenvalue weighted by Gasteiger charge is 2.33. The van der Waals surface area contributed by atoms with Crippen LogP contribution in [0.15, 0.2) is 42.7 Å². The Labute approximate surface area is 165 Å². The second-order valence-electron chi connectivity index (χ2n) is 7.04. The molecule has 148 valence electrons. The predicted octanol–water partition coefficient (Wildman–Crippen LogP) is 2.02. The van der Waals surface area contributed by atoms with Crippen molar-refractivity contribution in [2.24, 2.45) is 0 Å². The summed E-state index contributed by atoms with van der Waals surface area (Å²) in [6.07, 6.45) is 3.82. The van der Waals surface area contributed by atoms with Crippen LogP contribution in [0.25, 0.3) is 0 Å². The third-order valence-corrected chi connectivity index (χ3v) is 4.80. The minimum Gasteiger partial charge on any atom is -0.368 e. The van der Waals surface area contributed by atoms with Crippen LogP contribution in [-0.2, 0) is 4.79 Å². The minimum atomic E-state index is -0.999. The van der Waals surface area contributed by atoms with Crippen LogP contribution in [0.4, 0.5) is 27.7 Å². The Morgan fingerprint density at radius 1 is 1.24 bits per heavy atom. The first-order valence-corrected chi connectivity index (χ1v) is 9.26. The van der Waals surface area contributed by atoms with E-state index in [2.05, 4.69) is 25.7 Å². The molecular weight excluding hydrogens is 377 g/mol. The van der Waals surface area contributed by atoms with Crippen LogP contribution in [0, 0.1) is 5.82 Å². The first-order valence-electron chi connectivity index (χ1n) is 9.26. The molecule has 1 atom stereocenters. The number of aromatic nitrogens is 4. The molecule has 29 heavy (non-hydrogen) atoms. The molecule has 1 fully saturated rings. The maximum absolute atomic E-state index is 13.0. The first-order chi connectivity index (χ1) is 14.1. The largest absolute Gasteiger partial charge is 0.368 e. The zero-order valence-electron chi connectivity index (χ0n) is 15.3. The summed E-state index contributed by atoms with van der Waals surface area (Å²) >= 11 is 0. The van der Waals surface area contributed by atoms with Crippen LogP contribution in [-0.4, -0.2) is 43.3 Å². The number of amides is 1. The van der Waals surface area contributed by atoms with E-state index in [9.17, 15) is 14.3 Å². The van der Waals surface area contributed by atoms with Gasteiger partial charge in [0.1, 0.15) is 29.8 Å². The van der Waals surface area contributed by atoms with E-state index in [1.54, 1.807) is 29.3 Å². The van der Waals surface area contributed by atoms with Gasteiger partial charge in [0.25, 0.3) is 0 Å². The van der Waals surface area contributed by atoms with Crippen molar-refractivity contribution >= 4 is 29.2 Å². The van der Waals surface area contributed by atoms with Gasteiger partial charge in [-0.2, -0.15) is 5.10 Å². The molecule has 0 aromatic carbocycles. The maximum Gasteiger partial charge on any atom is 0.245 e. The number of hydrogen-bond donors (Lipinski definition) is 3. The van der Waals surface area contributed by atoms with Gasteiger partial charge in [-0.05, 0) is 37.1 Å². The second-order valence-corrected chi connectivity index (χ2v) is 7.04. The lowest BCUT2D eigenvalue weighted by molar-refractivity contribution is -0.114. The predicted molar refractivity (Wildman–Crippen MR) is 103 cm³/mol. The average molecular weight is 395 g/mol. The molecule has 3 aromatic rings. The lowest BCUT2D eigenvalue weighted by Gasteiger charge is -2.32. The number of carbonyl (C=O) groups excluding carboxylic acids is 1. The summed E-state index contributed by atoms with van der Waals surface area (Å²) in [5, 5.41) is 21.2. The van der Waals surface area contributed by atoms with E-state index < -0.39 is 12.0 Å². The summed E-state index contributed by atoms with van der Waals surface area (Å²) in [6.45, 7) is -0.0790. The summed E-state index contributed by atoms with van der Waals surface area (Å²) in [5.41, 5.74) is 0.550. The van der Waals surface area contributed by atoms with E-state index in [0.717, 1.165) is 19.0 Å². The average Bonchev–Trinajstić information content (AvgIpc) is 3.43. The maximum atomic E-state index is 13.0. The topological polar surface area (TPSA) is 108 Å². The monoisotopic (exact) mass is 395 g/mol. The van der Waals surface area contributed by atoms with Crippen molar-refractivity contribution in [2.75, 3.05) is 22.1 Å². The van der Waals surface area contributed by atoms with Crippen LogP contribution in [0.3, 0.4) is 0 Å². The van der Waals surface area contributed by atoms with Crippen LogP contribution in [0.1, 0.15) is 24.6 Å². The van der Waals surface area contributed by atoms with Crippen molar-refractivity contribution in [1.82, 2.24) is 19.7 Å². The third-order valence-electron chi connectivity index (χ3n) is 4.80. The number of nitrogens with zero attached hydrogens (tertiary/aromatic N) is 5. The molecule has 0 bridgehead atoms. The quantitative estimate of drug-likeness (QED) is 0.606. The fraction of sp³-hybridized carbons (Fsp3) is 0.263. The van der Waals surface area contributed by atoms with Crippen molar-refractivity contribution in [1.29, 1.82) is 0 Å². The summed E-state index contributed by atoms with van der Waals surface area (Å²) in [6, 6.07) is 8.27. The number of fused-ring (bicyclic) bond motifs is 2. The van der Waals surface area contributed by atoms with Gasteiger partial charge in [0.05, 0.1) is 6.20 Å². The number of carbonyl (C=O) groups is 1. The molecule has 9 nitrogen and oxygen atoms in total. The molecule has 1 unspecified atom stereocenters. The lowest BCUT2D eigenvalue weighted by atomic mass is 10.1. The normalized spacial score (nSPS) is 17.4. The van der Waals surface area contributed by atoms with Gasteiger partial charge in [0, 0.05) is 23.9 Å². The summed E-state index contributed by atoms with van der Waals surface area (Å²) < 4.78 is 14.5. The third kappa shape index (κ3) is 3.38. The molecule has 3 aromatic heterocycles. The Bertz CT molecular complexity index is 1060. The highest BCUT2D eigenvalue weighted by atomic mass is 19.1. The van der Waals surface area contributed by atoms with E-state index in [1.807, 2.05) is 0 Å². The number of halogens is 1. The van der Waals surface area contributed by atoms with Gasteiger partial charge >= 0.3 is 0 Å². The fourth-order valence-corrected chi connectivity index (χ4v) is 3.28. The highest BCUT2D eigenvalue weighted by molar-refractivity contribution is 5.94. The van der Waals surface area contributed by atoms with Gasteiger partial charge in [-0.3, -0.25) is 4.79 Å². The highest BCUT2D eigenvalue weighted by Crippen LogP contribution is 2.39. The molecule has 1 saturated carbocycles. The number of hydrogen-bond acceptors (Lipinski definition) is 7. The second kappa shape index (κ2) is 6.82. The standard InChI is InChI=1S/C19H18FN7O2/c20-11-3-6-14(22-9-11)24-16(28)10-26-17-8-15(23-12-4-5-12)25-27(17)19(29)13-2-1-7-21-18(13)26/h1-3,6-9,12,19,29H,4-5,10H2,(H,23,25)(H,22,24,28). The minimum absolute atomic E-state index is 0.0790. The SMILES string of the molecule is O=C(CN1c2ncccc2C(O)n2nc(NC3CC3)cc21)Nc1ccc(F)cn1. The number of aliphatic hydroxyl groups is 1. The van der Waals surface area contributed by atoms with Crippen LogP contribution < -0.4 is 15.5 Å². The lowest BCUT2D eigenvalue weighted by Crippen LogP contribution is -2.36. The van der Waals surface area contributed by atoms with E-state index in [-0.39, 0.29) is 18.3 Å². The summed E-state index contributed by atoms with van der Waals surface area (Å²) in [5.74, 6) is 1.08. The Hall–Kier alpha value is -3.53. The van der Waals surface area contributed by atoms with Crippen LogP contribution >= 0.6 is 0 Å². The fourth-order valence-electron chi connectivity index (χ4n) is 3.28. The zero-order chi connectivity index (χ0) is 20.0. The van der Waals surface area contributed by atoms with Crippen molar-refractivity contribution in [2.45, 2.75) is 25.1 Å². The van der Waals surface area contributed by atoms with Crippen LogP contribution in [0.5, 0.6) is 0 Å². The smallest absolute Gasteiger partial charge is 0.245 e. The summed E-state index contributed by atoms with van der Waals surface area (Å²) in [7, 11) is 0. The van der Waals surface area contributed by atoms with E-state index in [1.165, 1.54) is 16.8 Å². The number of aliphatic hydroxyl groups excluding tert-OH is 1. The molecule has 2 aliphatic rings. The van der Waals surface area contributed by atoms with Crippen molar-refractivity contribution in [3.63, 3.8) is 0 Å². The molecule has 0 saturated heterocycles.